The van der Waals surface area contributed by atoms with Crippen LogP contribution in [0.4, 0.5) is 11.4 Å². The molecule has 36 heavy (non-hydrogen) atoms. The van der Waals surface area contributed by atoms with E-state index in [9.17, 15) is 14.9 Å². The highest BCUT2D eigenvalue weighted by atomic mass is 35.5. The fourth-order valence-electron chi connectivity index (χ4n) is 3.64. The maximum Gasteiger partial charge on any atom is 0.293 e. The van der Waals surface area contributed by atoms with E-state index in [-0.39, 0.29) is 17.9 Å². The standard InChI is InChI=1S/C25H22Cl2N4O5/c26-19-7-6-18(21(27)14-19)16-36-24-4-2-1-3-20(24)25(32)29-28-15-17-5-8-22(23(13-17)31(33)34)30-9-11-35-12-10-30/h1-8,13-15H,9-12,16H2,(H,29,32)/b28-15+. The summed E-state index contributed by atoms with van der Waals surface area (Å²) in [5, 5.41) is 16.6. The number of benzene rings is 3. The Morgan fingerprint density at radius 1 is 1.14 bits per heavy atom. The predicted molar refractivity (Wildman–Crippen MR) is 138 cm³/mol. The summed E-state index contributed by atoms with van der Waals surface area (Å²) in [6.45, 7) is 2.34. The van der Waals surface area contributed by atoms with Gasteiger partial charge in [-0.15, -0.1) is 0 Å². The Labute approximate surface area is 217 Å². The number of hydrazone groups is 1. The fraction of sp³-hybridized carbons (Fsp3) is 0.200. The number of hydrogen-bond donors (Lipinski definition) is 1. The van der Waals surface area contributed by atoms with E-state index in [1.165, 1.54) is 12.3 Å². The van der Waals surface area contributed by atoms with Crippen LogP contribution in [0.3, 0.4) is 0 Å². The molecule has 1 aliphatic heterocycles. The number of carbonyl (C=O) groups excluding carboxylic acids is 1. The van der Waals surface area contributed by atoms with Crippen molar-refractivity contribution in [2.45, 2.75) is 6.61 Å². The van der Waals surface area contributed by atoms with Gasteiger partial charge in [0.1, 0.15) is 18.0 Å². The smallest absolute Gasteiger partial charge is 0.293 e. The monoisotopic (exact) mass is 528 g/mol. The molecule has 1 aliphatic rings. The number of halogens is 2. The molecule has 1 N–H and O–H groups in total. The SMILES string of the molecule is O=C(N/N=C/c1ccc(N2CCOCC2)c([N+](=O)[O-])c1)c1ccccc1OCc1ccc(Cl)cc1Cl. The van der Waals surface area contributed by atoms with E-state index >= 15 is 0 Å². The van der Waals surface area contributed by atoms with E-state index in [4.69, 9.17) is 32.7 Å². The summed E-state index contributed by atoms with van der Waals surface area (Å²) < 4.78 is 11.1. The highest BCUT2D eigenvalue weighted by Gasteiger charge is 2.21. The summed E-state index contributed by atoms with van der Waals surface area (Å²) in [5.74, 6) is -0.148. The second kappa shape index (κ2) is 11.9. The Kier molecular flexibility index (Phi) is 8.37. The zero-order valence-corrected chi connectivity index (χ0v) is 20.5. The minimum atomic E-state index is -0.497. The maximum absolute atomic E-state index is 12.7. The Hall–Kier alpha value is -3.66. The lowest BCUT2D eigenvalue weighted by Gasteiger charge is -2.28. The van der Waals surface area contributed by atoms with Gasteiger partial charge in [0, 0.05) is 40.3 Å². The van der Waals surface area contributed by atoms with Crippen molar-refractivity contribution >= 4 is 46.7 Å². The van der Waals surface area contributed by atoms with Gasteiger partial charge in [-0.05, 0) is 30.3 Å². The number of carbonyl (C=O) groups is 1. The average molecular weight is 529 g/mol. The molecular formula is C25H22Cl2N4O5. The lowest BCUT2D eigenvalue weighted by Crippen LogP contribution is -2.36. The van der Waals surface area contributed by atoms with Crippen LogP contribution in [0.15, 0.2) is 65.8 Å². The van der Waals surface area contributed by atoms with Crippen LogP contribution >= 0.6 is 23.2 Å². The van der Waals surface area contributed by atoms with E-state index in [1.54, 1.807) is 54.6 Å². The van der Waals surface area contributed by atoms with Crippen LogP contribution in [0.25, 0.3) is 0 Å². The van der Waals surface area contributed by atoms with Crippen LogP contribution < -0.4 is 15.1 Å². The number of ether oxygens (including phenoxy) is 2. The molecular weight excluding hydrogens is 507 g/mol. The van der Waals surface area contributed by atoms with Crippen LogP contribution in [0.1, 0.15) is 21.5 Å². The maximum atomic E-state index is 12.7. The Morgan fingerprint density at radius 3 is 2.67 bits per heavy atom. The van der Waals surface area contributed by atoms with Gasteiger partial charge in [0.15, 0.2) is 0 Å². The molecule has 0 saturated carbocycles. The summed E-state index contributed by atoms with van der Waals surface area (Å²) in [6.07, 6.45) is 1.35. The number of anilines is 1. The van der Waals surface area contributed by atoms with Crippen molar-refractivity contribution in [3.05, 3.63) is 97.5 Å². The van der Waals surface area contributed by atoms with Gasteiger partial charge >= 0.3 is 0 Å². The second-order valence-electron chi connectivity index (χ2n) is 7.82. The van der Waals surface area contributed by atoms with Crippen molar-refractivity contribution in [3.63, 3.8) is 0 Å². The molecule has 3 aromatic carbocycles. The molecule has 0 atom stereocenters. The minimum absolute atomic E-state index is 0.0354. The zero-order valence-electron chi connectivity index (χ0n) is 19.0. The molecule has 0 aliphatic carbocycles. The highest BCUT2D eigenvalue weighted by Crippen LogP contribution is 2.29. The first-order chi connectivity index (χ1) is 17.4. The third-order valence-electron chi connectivity index (χ3n) is 5.46. The van der Waals surface area contributed by atoms with Crippen molar-refractivity contribution in [2.24, 2.45) is 5.10 Å². The first kappa shape index (κ1) is 25.4. The van der Waals surface area contributed by atoms with Crippen LogP contribution in [-0.2, 0) is 11.3 Å². The molecule has 4 rings (SSSR count). The molecule has 11 heteroatoms. The summed E-state index contributed by atoms with van der Waals surface area (Å²) in [6, 6.07) is 16.6. The average Bonchev–Trinajstić information content (AvgIpc) is 2.88. The van der Waals surface area contributed by atoms with Gasteiger partial charge in [0.05, 0.1) is 29.9 Å². The van der Waals surface area contributed by atoms with E-state index < -0.39 is 10.8 Å². The summed E-state index contributed by atoms with van der Waals surface area (Å²) in [7, 11) is 0. The third-order valence-corrected chi connectivity index (χ3v) is 6.04. The zero-order chi connectivity index (χ0) is 25.5. The molecule has 1 saturated heterocycles. The first-order valence-electron chi connectivity index (χ1n) is 11.0. The topological polar surface area (TPSA) is 106 Å². The van der Waals surface area contributed by atoms with Gasteiger partial charge in [0.25, 0.3) is 11.6 Å². The number of nitrogens with one attached hydrogen (secondary N) is 1. The fourth-order valence-corrected chi connectivity index (χ4v) is 4.10. The van der Waals surface area contributed by atoms with Crippen molar-refractivity contribution in [1.82, 2.24) is 5.43 Å². The quantitative estimate of drug-likeness (QED) is 0.248. The predicted octanol–water partition coefficient (Wildman–Crippen LogP) is 5.08. The largest absolute Gasteiger partial charge is 0.488 e. The highest BCUT2D eigenvalue weighted by molar-refractivity contribution is 6.35. The summed E-state index contributed by atoms with van der Waals surface area (Å²) in [4.78, 5) is 25.9. The Bertz CT molecular complexity index is 1300. The normalized spacial score (nSPS) is 13.6. The minimum Gasteiger partial charge on any atom is -0.488 e. The molecule has 1 amide bonds. The molecule has 0 spiro atoms. The second-order valence-corrected chi connectivity index (χ2v) is 8.67. The number of nitro groups is 1. The molecule has 3 aromatic rings. The van der Waals surface area contributed by atoms with E-state index in [2.05, 4.69) is 10.5 Å². The van der Waals surface area contributed by atoms with Gasteiger partial charge in [-0.25, -0.2) is 5.43 Å². The number of nitrogens with zero attached hydrogens (tertiary/aromatic N) is 3. The van der Waals surface area contributed by atoms with Gasteiger partial charge < -0.3 is 14.4 Å². The van der Waals surface area contributed by atoms with Gasteiger partial charge in [0.2, 0.25) is 0 Å². The summed E-state index contributed by atoms with van der Waals surface area (Å²) in [5.41, 5.74) is 4.39. The molecule has 0 aromatic heterocycles. The van der Waals surface area contributed by atoms with E-state index in [1.807, 2.05) is 4.90 Å². The molecule has 1 heterocycles. The van der Waals surface area contributed by atoms with E-state index in [0.717, 1.165) is 5.56 Å². The number of rotatable bonds is 8. The molecule has 9 nitrogen and oxygen atoms in total. The Morgan fingerprint density at radius 2 is 1.92 bits per heavy atom. The van der Waals surface area contributed by atoms with Crippen LogP contribution in [-0.4, -0.2) is 43.3 Å². The number of amides is 1. The van der Waals surface area contributed by atoms with Crippen LogP contribution in [0.2, 0.25) is 10.0 Å². The molecule has 0 unspecified atom stereocenters. The first-order valence-corrected chi connectivity index (χ1v) is 11.8. The lowest BCUT2D eigenvalue weighted by atomic mass is 10.1. The van der Waals surface area contributed by atoms with E-state index in [0.29, 0.717) is 53.3 Å². The van der Waals surface area contributed by atoms with Crippen molar-refractivity contribution in [3.8, 4) is 5.75 Å². The number of nitro benzene ring substituents is 1. The van der Waals surface area contributed by atoms with Crippen LogP contribution in [0, 0.1) is 10.1 Å². The molecule has 0 bridgehead atoms. The molecule has 0 radical (unpaired) electrons. The summed E-state index contributed by atoms with van der Waals surface area (Å²) >= 11 is 12.1. The number of hydrogen-bond acceptors (Lipinski definition) is 7. The van der Waals surface area contributed by atoms with Crippen molar-refractivity contribution in [1.29, 1.82) is 0 Å². The number of para-hydroxylation sites is 1. The molecule has 186 valence electrons. The van der Waals surface area contributed by atoms with Gasteiger partial charge in [-0.1, -0.05) is 47.5 Å². The van der Waals surface area contributed by atoms with Crippen LogP contribution in [0.5, 0.6) is 5.75 Å². The lowest BCUT2D eigenvalue weighted by molar-refractivity contribution is -0.384. The third kappa shape index (κ3) is 6.31. The number of morpholine rings is 1. The Balaban J connectivity index is 1.43. The van der Waals surface area contributed by atoms with Gasteiger partial charge in [-0.3, -0.25) is 14.9 Å². The van der Waals surface area contributed by atoms with Crippen molar-refractivity contribution in [2.75, 3.05) is 31.2 Å². The van der Waals surface area contributed by atoms with Gasteiger partial charge in [-0.2, -0.15) is 5.10 Å². The molecule has 1 fully saturated rings. The van der Waals surface area contributed by atoms with Crippen molar-refractivity contribution < 1.29 is 19.2 Å².